The number of anilines is 1. The van der Waals surface area contributed by atoms with Crippen LogP contribution in [-0.2, 0) is 12.6 Å². The third-order valence-electron chi connectivity index (χ3n) is 6.51. The zero-order chi connectivity index (χ0) is 25.3. The molecule has 186 valence electrons. The Morgan fingerprint density at radius 1 is 1.21 bits per heavy atom. The average Bonchev–Trinajstić information content (AvgIpc) is 2.75. The van der Waals surface area contributed by atoms with E-state index in [-0.39, 0.29) is 23.6 Å². The summed E-state index contributed by atoms with van der Waals surface area (Å²) in [5, 5.41) is 19.9. The molecule has 5 N–H and O–H groups in total. The fourth-order valence-corrected chi connectivity index (χ4v) is 4.36. The molecule has 6 nitrogen and oxygen atoms in total. The van der Waals surface area contributed by atoms with Crippen LogP contribution in [0.1, 0.15) is 60.4 Å². The highest BCUT2D eigenvalue weighted by molar-refractivity contribution is 5.89. The number of hydrogen-bond donors (Lipinski definition) is 4. The van der Waals surface area contributed by atoms with Crippen LogP contribution in [0.5, 0.6) is 17.2 Å². The zero-order valence-corrected chi connectivity index (χ0v) is 19.9. The number of hydrogen-bond acceptors (Lipinski definition) is 4. The van der Waals surface area contributed by atoms with Crippen molar-refractivity contribution in [2.45, 2.75) is 71.6 Å². The average molecular weight is 480 g/mol. The van der Waals surface area contributed by atoms with Crippen LogP contribution in [-0.4, -0.2) is 23.3 Å². The molecule has 2 aromatic rings. The van der Waals surface area contributed by atoms with Gasteiger partial charge in [-0.3, -0.25) is 5.41 Å². The van der Waals surface area contributed by atoms with Crippen molar-refractivity contribution in [2.75, 3.05) is 11.9 Å². The van der Waals surface area contributed by atoms with Crippen molar-refractivity contribution in [1.29, 1.82) is 5.41 Å². The number of nitrogens with one attached hydrogen (secondary N) is 2. The van der Waals surface area contributed by atoms with Crippen LogP contribution in [0.15, 0.2) is 18.2 Å². The number of unbranched alkanes of at least 4 members (excludes halogenated alkanes) is 1. The molecule has 34 heavy (non-hydrogen) atoms. The van der Waals surface area contributed by atoms with Crippen LogP contribution in [0.25, 0.3) is 0 Å². The molecule has 9 heteroatoms. The molecule has 0 aliphatic carbocycles. The number of rotatable bonds is 7. The summed E-state index contributed by atoms with van der Waals surface area (Å²) in [7, 11) is 0. The lowest BCUT2D eigenvalue weighted by atomic mass is 9.85. The molecular formula is C25H32F3N3O3. The fourth-order valence-electron chi connectivity index (χ4n) is 4.36. The van der Waals surface area contributed by atoms with Gasteiger partial charge in [0.25, 0.3) is 0 Å². The topological polar surface area (TPSA) is 101 Å². The van der Waals surface area contributed by atoms with Gasteiger partial charge in [0, 0.05) is 11.3 Å². The summed E-state index contributed by atoms with van der Waals surface area (Å²) in [5.41, 5.74) is 7.64. The number of guanidine groups is 1. The zero-order valence-electron chi connectivity index (χ0n) is 19.9. The lowest BCUT2D eigenvalue weighted by Gasteiger charge is -2.38. The summed E-state index contributed by atoms with van der Waals surface area (Å²) >= 11 is 0. The summed E-state index contributed by atoms with van der Waals surface area (Å²) in [6.07, 6.45) is -0.953. The molecule has 0 fully saturated rings. The predicted octanol–water partition coefficient (Wildman–Crippen LogP) is 5.97. The standard InChI is InChI=1S/C25H32F3N3O3/c1-14-15(2)22-18(16(3)21(14)32)9-11-24(4,34-22)10-5-6-12-33-20-8-7-17(31-23(29)30)13-19(20)25(26,27)28/h7-8,13,32H,5-6,9-12H2,1-4H3,(H4,29,30,31). The minimum atomic E-state index is -4.59. The van der Waals surface area contributed by atoms with Crippen molar-refractivity contribution in [3.05, 3.63) is 46.0 Å². The first kappa shape index (κ1) is 25.5. The summed E-state index contributed by atoms with van der Waals surface area (Å²) in [6.45, 7) is 7.92. The molecule has 0 saturated carbocycles. The summed E-state index contributed by atoms with van der Waals surface area (Å²) in [6, 6.07) is 3.51. The summed E-state index contributed by atoms with van der Waals surface area (Å²) in [4.78, 5) is 0. The van der Waals surface area contributed by atoms with Crippen LogP contribution in [0.4, 0.5) is 18.9 Å². The van der Waals surface area contributed by atoms with Crippen LogP contribution in [0.2, 0.25) is 0 Å². The second-order valence-electron chi connectivity index (χ2n) is 9.14. The van der Waals surface area contributed by atoms with Gasteiger partial charge >= 0.3 is 6.18 Å². The molecule has 0 radical (unpaired) electrons. The van der Waals surface area contributed by atoms with Crippen LogP contribution >= 0.6 is 0 Å². The van der Waals surface area contributed by atoms with Gasteiger partial charge in [0.2, 0.25) is 0 Å². The van der Waals surface area contributed by atoms with E-state index in [0.29, 0.717) is 12.2 Å². The molecule has 0 aromatic heterocycles. The molecule has 0 saturated heterocycles. The number of alkyl halides is 3. The maximum absolute atomic E-state index is 13.4. The van der Waals surface area contributed by atoms with E-state index in [1.165, 1.54) is 12.1 Å². The van der Waals surface area contributed by atoms with Crippen molar-refractivity contribution in [3.63, 3.8) is 0 Å². The van der Waals surface area contributed by atoms with Crippen molar-refractivity contribution in [2.24, 2.45) is 5.73 Å². The Labute approximate surface area is 197 Å². The van der Waals surface area contributed by atoms with Crippen LogP contribution in [0.3, 0.4) is 0 Å². The Morgan fingerprint density at radius 3 is 2.56 bits per heavy atom. The first-order chi connectivity index (χ1) is 15.8. The largest absolute Gasteiger partial charge is 0.507 e. The number of phenols is 1. The maximum atomic E-state index is 13.4. The molecule has 3 rings (SSSR count). The Hall–Kier alpha value is -3.10. The molecule has 1 atom stereocenters. The molecular weight excluding hydrogens is 447 g/mol. The van der Waals surface area contributed by atoms with Crippen molar-refractivity contribution < 1.29 is 27.8 Å². The van der Waals surface area contributed by atoms with E-state index >= 15 is 0 Å². The van der Waals surface area contributed by atoms with Gasteiger partial charge in [-0.15, -0.1) is 0 Å². The normalized spacial score (nSPS) is 17.6. The molecule has 0 bridgehead atoms. The highest BCUT2D eigenvalue weighted by atomic mass is 19.4. The van der Waals surface area contributed by atoms with E-state index in [0.717, 1.165) is 59.8 Å². The van der Waals surface area contributed by atoms with Crippen LogP contribution < -0.4 is 20.5 Å². The Bertz CT molecular complexity index is 1090. The van der Waals surface area contributed by atoms with Gasteiger partial charge in [0.1, 0.15) is 22.8 Å². The second-order valence-corrected chi connectivity index (χ2v) is 9.14. The number of benzene rings is 2. The van der Waals surface area contributed by atoms with Gasteiger partial charge in [0.15, 0.2) is 5.96 Å². The number of phenolic OH excluding ortho intramolecular Hbond substituents is 1. The highest BCUT2D eigenvalue weighted by Crippen LogP contribution is 2.44. The van der Waals surface area contributed by atoms with E-state index in [9.17, 15) is 18.3 Å². The SMILES string of the molecule is Cc1c(C)c2c(c(C)c1O)CCC(C)(CCCCOc1ccc(NC(=N)N)cc1C(F)(F)F)O2. The van der Waals surface area contributed by atoms with E-state index < -0.39 is 17.7 Å². The summed E-state index contributed by atoms with van der Waals surface area (Å²) < 4.78 is 52.2. The minimum absolute atomic E-state index is 0.0731. The molecule has 0 spiro atoms. The first-order valence-corrected chi connectivity index (χ1v) is 11.3. The van der Waals surface area contributed by atoms with Gasteiger partial charge in [-0.05, 0) is 94.7 Å². The van der Waals surface area contributed by atoms with E-state index in [2.05, 4.69) is 12.2 Å². The molecule has 1 aliphatic rings. The van der Waals surface area contributed by atoms with Gasteiger partial charge < -0.3 is 25.6 Å². The number of nitrogens with two attached hydrogens (primary N) is 1. The van der Waals surface area contributed by atoms with Crippen molar-refractivity contribution in [1.82, 2.24) is 0 Å². The van der Waals surface area contributed by atoms with Crippen molar-refractivity contribution >= 4 is 11.6 Å². The monoisotopic (exact) mass is 479 g/mol. The lowest BCUT2D eigenvalue weighted by molar-refractivity contribution is -0.138. The van der Waals surface area contributed by atoms with Gasteiger partial charge in [-0.1, -0.05) is 0 Å². The molecule has 2 aromatic carbocycles. The maximum Gasteiger partial charge on any atom is 0.420 e. The van der Waals surface area contributed by atoms with Crippen LogP contribution in [0, 0.1) is 26.2 Å². The second kappa shape index (κ2) is 9.64. The molecule has 1 heterocycles. The predicted molar refractivity (Wildman–Crippen MR) is 126 cm³/mol. The van der Waals surface area contributed by atoms with E-state index in [1.54, 1.807) is 0 Å². The quantitative estimate of drug-likeness (QED) is 0.223. The first-order valence-electron chi connectivity index (χ1n) is 11.3. The highest BCUT2D eigenvalue weighted by Gasteiger charge is 2.36. The lowest BCUT2D eigenvalue weighted by Crippen LogP contribution is -2.37. The van der Waals surface area contributed by atoms with Crippen molar-refractivity contribution in [3.8, 4) is 17.2 Å². The Morgan fingerprint density at radius 2 is 1.91 bits per heavy atom. The smallest absolute Gasteiger partial charge is 0.420 e. The third kappa shape index (κ3) is 5.51. The number of aromatic hydroxyl groups is 1. The third-order valence-corrected chi connectivity index (χ3v) is 6.51. The van der Waals surface area contributed by atoms with Gasteiger partial charge in [0.05, 0.1) is 12.2 Å². The van der Waals surface area contributed by atoms with E-state index in [4.69, 9.17) is 20.6 Å². The number of halogens is 3. The molecule has 0 amide bonds. The van der Waals surface area contributed by atoms with Gasteiger partial charge in [-0.25, -0.2) is 0 Å². The Kier molecular flexibility index (Phi) is 7.24. The number of ether oxygens (including phenoxy) is 2. The minimum Gasteiger partial charge on any atom is -0.507 e. The molecule has 1 aliphatic heterocycles. The fraction of sp³-hybridized carbons (Fsp3) is 0.480. The van der Waals surface area contributed by atoms with E-state index in [1.807, 2.05) is 20.8 Å². The summed E-state index contributed by atoms with van der Waals surface area (Å²) in [5.74, 6) is 0.466. The molecule has 1 unspecified atom stereocenters. The number of fused-ring (bicyclic) bond motifs is 1. The Balaban J connectivity index is 1.59. The van der Waals surface area contributed by atoms with Gasteiger partial charge in [-0.2, -0.15) is 13.2 Å².